The third kappa shape index (κ3) is 1.93. The van der Waals surface area contributed by atoms with Gasteiger partial charge in [-0.1, -0.05) is 0 Å². The number of carbonyl (C=O) groups excluding carboxylic acids is 1. The van der Waals surface area contributed by atoms with E-state index < -0.39 is 0 Å². The first-order valence-electron chi connectivity index (χ1n) is 8.50. The van der Waals surface area contributed by atoms with Crippen LogP contribution in [0.15, 0.2) is 0 Å². The first-order valence-corrected chi connectivity index (χ1v) is 8.50. The van der Waals surface area contributed by atoms with Crippen LogP contribution in [0.25, 0.3) is 0 Å². The highest BCUT2D eigenvalue weighted by molar-refractivity contribution is 5.85. The number of amides is 1. The van der Waals surface area contributed by atoms with E-state index in [9.17, 15) is 4.79 Å². The van der Waals surface area contributed by atoms with Gasteiger partial charge in [-0.3, -0.25) is 4.79 Å². The van der Waals surface area contributed by atoms with E-state index in [1.54, 1.807) is 0 Å². The van der Waals surface area contributed by atoms with Crippen LogP contribution >= 0.6 is 0 Å². The highest BCUT2D eigenvalue weighted by atomic mass is 16.2. The van der Waals surface area contributed by atoms with E-state index in [4.69, 9.17) is 5.73 Å². The summed E-state index contributed by atoms with van der Waals surface area (Å²) in [5, 5.41) is 0. The number of nitrogens with two attached hydrogens (primary N) is 1. The fraction of sp³-hybridized carbons (Fsp3) is 0.941. The molecule has 20 heavy (non-hydrogen) atoms. The minimum absolute atomic E-state index is 0.170. The quantitative estimate of drug-likeness (QED) is 0.857. The molecule has 112 valence electrons. The van der Waals surface area contributed by atoms with Crippen molar-refractivity contribution >= 4 is 5.91 Å². The van der Waals surface area contributed by atoms with Gasteiger partial charge >= 0.3 is 0 Å². The van der Waals surface area contributed by atoms with Crippen molar-refractivity contribution in [3.05, 3.63) is 0 Å². The zero-order valence-corrected chi connectivity index (χ0v) is 12.7. The maximum absolute atomic E-state index is 12.6. The van der Waals surface area contributed by atoms with Crippen LogP contribution in [0.3, 0.4) is 0 Å². The molecule has 5 saturated carbocycles. The van der Waals surface area contributed by atoms with Crippen molar-refractivity contribution < 1.29 is 4.79 Å². The Bertz CT molecular complexity index is 391. The monoisotopic (exact) mass is 276 g/mol. The number of hydrogen-bond acceptors (Lipinski definition) is 2. The Labute approximate surface area is 122 Å². The second kappa shape index (κ2) is 4.22. The molecule has 1 amide bonds. The molecule has 0 aromatic heterocycles. The van der Waals surface area contributed by atoms with Gasteiger partial charge in [0.2, 0.25) is 5.91 Å². The van der Waals surface area contributed by atoms with Gasteiger partial charge in [0, 0.05) is 20.1 Å². The van der Waals surface area contributed by atoms with E-state index >= 15 is 0 Å². The molecule has 0 saturated heterocycles. The van der Waals surface area contributed by atoms with Gasteiger partial charge < -0.3 is 10.6 Å². The summed E-state index contributed by atoms with van der Waals surface area (Å²) in [6, 6.07) is 0. The SMILES string of the molecule is CN(CC12CC3CC(CC(C3)C1)C2)C(=O)C1(CN)CC1. The van der Waals surface area contributed by atoms with Crippen LogP contribution < -0.4 is 5.73 Å². The zero-order chi connectivity index (χ0) is 14.0. The second-order valence-electron chi connectivity index (χ2n) is 8.56. The Morgan fingerprint density at radius 3 is 2.00 bits per heavy atom. The molecular weight excluding hydrogens is 248 g/mol. The van der Waals surface area contributed by atoms with Crippen LogP contribution in [0.2, 0.25) is 0 Å². The van der Waals surface area contributed by atoms with Crippen molar-refractivity contribution in [3.8, 4) is 0 Å². The first-order chi connectivity index (χ1) is 9.54. The zero-order valence-electron chi connectivity index (χ0n) is 12.7. The van der Waals surface area contributed by atoms with Gasteiger partial charge in [-0.05, 0) is 74.5 Å². The predicted octanol–water partition coefficient (Wildman–Crippen LogP) is 2.40. The predicted molar refractivity (Wildman–Crippen MR) is 79.0 cm³/mol. The fourth-order valence-electron chi connectivity index (χ4n) is 6.12. The molecule has 3 nitrogen and oxygen atoms in total. The average Bonchev–Trinajstić information content (AvgIpc) is 3.16. The molecule has 0 radical (unpaired) electrons. The Hall–Kier alpha value is -0.570. The lowest BCUT2D eigenvalue weighted by Gasteiger charge is -2.57. The maximum Gasteiger partial charge on any atom is 0.229 e. The van der Waals surface area contributed by atoms with Crippen molar-refractivity contribution in [1.29, 1.82) is 0 Å². The van der Waals surface area contributed by atoms with Crippen molar-refractivity contribution in [2.45, 2.75) is 51.4 Å². The van der Waals surface area contributed by atoms with Gasteiger partial charge in [-0.25, -0.2) is 0 Å². The van der Waals surface area contributed by atoms with E-state index in [2.05, 4.69) is 0 Å². The maximum atomic E-state index is 12.6. The Kier molecular flexibility index (Phi) is 2.77. The smallest absolute Gasteiger partial charge is 0.229 e. The largest absolute Gasteiger partial charge is 0.345 e. The van der Waals surface area contributed by atoms with E-state index in [1.807, 2.05) is 11.9 Å². The normalized spacial score (nSPS) is 43.6. The van der Waals surface area contributed by atoms with Crippen LogP contribution in [-0.2, 0) is 4.79 Å². The summed E-state index contributed by atoms with van der Waals surface area (Å²) in [5.74, 6) is 3.23. The average molecular weight is 276 g/mol. The molecule has 0 atom stereocenters. The lowest BCUT2D eigenvalue weighted by molar-refractivity contribution is -0.140. The third-order valence-electron chi connectivity index (χ3n) is 6.78. The Morgan fingerprint density at radius 1 is 1.10 bits per heavy atom. The van der Waals surface area contributed by atoms with Crippen molar-refractivity contribution in [2.24, 2.45) is 34.3 Å². The topological polar surface area (TPSA) is 46.3 Å². The molecule has 2 N–H and O–H groups in total. The van der Waals surface area contributed by atoms with E-state index in [-0.39, 0.29) is 5.41 Å². The van der Waals surface area contributed by atoms with Crippen LogP contribution in [0.1, 0.15) is 51.4 Å². The molecule has 4 bridgehead atoms. The standard InChI is InChI=1S/C17H28N2O/c1-19(15(20)17(10-18)2-3-17)11-16-7-12-4-13(8-16)6-14(5-12)9-16/h12-14H,2-11,18H2,1H3. The Balaban J connectivity index is 1.47. The first kappa shape index (κ1) is 13.1. The van der Waals surface area contributed by atoms with Crippen LogP contribution in [0.5, 0.6) is 0 Å². The molecule has 5 aliphatic carbocycles. The van der Waals surface area contributed by atoms with E-state index in [1.165, 1.54) is 38.5 Å². The summed E-state index contributed by atoms with van der Waals surface area (Å²) in [5.41, 5.74) is 6.11. The molecule has 5 rings (SSSR count). The summed E-state index contributed by atoms with van der Waals surface area (Å²) in [7, 11) is 2.02. The third-order valence-corrected chi connectivity index (χ3v) is 6.78. The molecule has 5 aliphatic rings. The van der Waals surface area contributed by atoms with Crippen LogP contribution in [-0.4, -0.2) is 30.9 Å². The summed E-state index contributed by atoms with van der Waals surface area (Å²) in [4.78, 5) is 14.7. The summed E-state index contributed by atoms with van der Waals surface area (Å²) < 4.78 is 0. The summed E-state index contributed by atoms with van der Waals surface area (Å²) in [6.07, 6.45) is 10.6. The Morgan fingerprint density at radius 2 is 1.60 bits per heavy atom. The minimum atomic E-state index is -0.170. The van der Waals surface area contributed by atoms with E-state index in [0.29, 0.717) is 17.9 Å². The highest BCUT2D eigenvalue weighted by Crippen LogP contribution is 2.60. The molecule has 3 heteroatoms. The lowest BCUT2D eigenvalue weighted by atomic mass is 9.49. The van der Waals surface area contributed by atoms with Crippen LogP contribution in [0, 0.1) is 28.6 Å². The van der Waals surface area contributed by atoms with Gasteiger partial charge in [0.1, 0.15) is 0 Å². The molecule has 0 spiro atoms. The minimum Gasteiger partial charge on any atom is -0.345 e. The van der Waals surface area contributed by atoms with Crippen LogP contribution in [0.4, 0.5) is 0 Å². The fourth-order valence-corrected chi connectivity index (χ4v) is 6.12. The number of nitrogens with zero attached hydrogens (tertiary/aromatic N) is 1. The second-order valence-corrected chi connectivity index (χ2v) is 8.56. The molecule has 0 unspecified atom stereocenters. The molecule has 0 heterocycles. The number of rotatable bonds is 4. The highest BCUT2D eigenvalue weighted by Gasteiger charge is 2.54. The molecular formula is C17H28N2O. The van der Waals surface area contributed by atoms with E-state index in [0.717, 1.165) is 37.1 Å². The number of hydrogen-bond donors (Lipinski definition) is 1. The molecule has 0 aliphatic heterocycles. The molecule has 5 fully saturated rings. The number of carbonyl (C=O) groups is 1. The van der Waals surface area contributed by atoms with Gasteiger partial charge in [0.25, 0.3) is 0 Å². The van der Waals surface area contributed by atoms with Gasteiger partial charge in [0.15, 0.2) is 0 Å². The van der Waals surface area contributed by atoms with Gasteiger partial charge in [0.05, 0.1) is 5.41 Å². The summed E-state index contributed by atoms with van der Waals surface area (Å²) >= 11 is 0. The van der Waals surface area contributed by atoms with Gasteiger partial charge in [-0.15, -0.1) is 0 Å². The van der Waals surface area contributed by atoms with Gasteiger partial charge in [-0.2, -0.15) is 0 Å². The van der Waals surface area contributed by atoms with Crippen molar-refractivity contribution in [2.75, 3.05) is 20.1 Å². The molecule has 0 aromatic rings. The summed E-state index contributed by atoms with van der Waals surface area (Å²) in [6.45, 7) is 1.54. The molecule has 0 aromatic carbocycles. The van der Waals surface area contributed by atoms with Crippen molar-refractivity contribution in [3.63, 3.8) is 0 Å². The lowest BCUT2D eigenvalue weighted by Crippen LogP contribution is -2.52. The van der Waals surface area contributed by atoms with Crippen molar-refractivity contribution in [1.82, 2.24) is 4.90 Å².